The van der Waals surface area contributed by atoms with Crippen LogP contribution in [0.2, 0.25) is 5.02 Å². The number of amides is 2. The fraction of sp³-hybridized carbons (Fsp3) is 0.118. The molecule has 0 atom stereocenters. The topological polar surface area (TPSA) is 102 Å². The second-order valence-corrected chi connectivity index (χ2v) is 5.39. The zero-order valence-corrected chi connectivity index (χ0v) is 13.5. The molecular weight excluding hydrogens is 330 g/mol. The predicted molar refractivity (Wildman–Crippen MR) is 89.7 cm³/mol. The van der Waals surface area contributed by atoms with Gasteiger partial charge in [0.2, 0.25) is 5.91 Å². The lowest BCUT2D eigenvalue weighted by atomic mass is 10.1. The smallest absolute Gasteiger partial charge is 0.253 e. The number of nitrogens with zero attached hydrogens (tertiary/aromatic N) is 1. The van der Waals surface area contributed by atoms with Gasteiger partial charge in [-0.1, -0.05) is 23.7 Å². The highest BCUT2D eigenvalue weighted by Crippen LogP contribution is 2.26. The average Bonchev–Trinajstić information content (AvgIpc) is 2.54. The van der Waals surface area contributed by atoms with Gasteiger partial charge in [-0.2, -0.15) is 5.26 Å². The van der Waals surface area contributed by atoms with Crippen molar-refractivity contribution < 1.29 is 14.7 Å². The van der Waals surface area contributed by atoms with Crippen LogP contribution in [0.3, 0.4) is 0 Å². The summed E-state index contributed by atoms with van der Waals surface area (Å²) in [5.74, 6) is -0.880. The summed E-state index contributed by atoms with van der Waals surface area (Å²) in [6.45, 7) is 1.38. The van der Waals surface area contributed by atoms with Crippen LogP contribution in [0.1, 0.15) is 28.4 Å². The lowest BCUT2D eigenvalue weighted by molar-refractivity contribution is -0.114. The van der Waals surface area contributed by atoms with Crippen LogP contribution in [0.15, 0.2) is 36.4 Å². The van der Waals surface area contributed by atoms with Gasteiger partial charge in [0.15, 0.2) is 0 Å². The third-order valence-electron chi connectivity index (χ3n) is 3.21. The summed E-state index contributed by atoms with van der Waals surface area (Å²) in [6.07, 6.45) is 0. The fourth-order valence-corrected chi connectivity index (χ4v) is 2.29. The van der Waals surface area contributed by atoms with Gasteiger partial charge in [0.25, 0.3) is 5.91 Å². The number of carbonyl (C=O) groups excluding carboxylic acids is 2. The van der Waals surface area contributed by atoms with E-state index in [1.54, 1.807) is 24.3 Å². The molecule has 0 bridgehead atoms. The monoisotopic (exact) mass is 343 g/mol. The molecule has 6 nitrogen and oxygen atoms in total. The van der Waals surface area contributed by atoms with Gasteiger partial charge >= 0.3 is 0 Å². The Hall–Kier alpha value is -3.04. The number of hydrogen-bond acceptors (Lipinski definition) is 4. The number of hydrogen-bond donors (Lipinski definition) is 3. The van der Waals surface area contributed by atoms with E-state index in [0.717, 1.165) is 0 Å². The Morgan fingerprint density at radius 1 is 1.29 bits per heavy atom. The largest absolute Gasteiger partial charge is 0.508 e. The Morgan fingerprint density at radius 3 is 2.67 bits per heavy atom. The number of benzene rings is 2. The van der Waals surface area contributed by atoms with Crippen molar-refractivity contribution in [2.24, 2.45) is 0 Å². The van der Waals surface area contributed by atoms with E-state index in [9.17, 15) is 14.7 Å². The normalized spacial score (nSPS) is 9.88. The van der Waals surface area contributed by atoms with Crippen LogP contribution >= 0.6 is 11.6 Å². The minimum atomic E-state index is -0.454. The van der Waals surface area contributed by atoms with Gasteiger partial charge in [0.1, 0.15) is 5.75 Å². The second kappa shape index (κ2) is 7.49. The van der Waals surface area contributed by atoms with Crippen molar-refractivity contribution in [2.75, 3.05) is 5.32 Å². The summed E-state index contributed by atoms with van der Waals surface area (Å²) in [5, 5.41) is 24.0. The number of rotatable bonds is 4. The number of nitrogens with one attached hydrogen (secondary N) is 2. The van der Waals surface area contributed by atoms with Crippen LogP contribution in [-0.2, 0) is 11.3 Å². The molecule has 0 fully saturated rings. The van der Waals surface area contributed by atoms with Crippen molar-refractivity contribution in [1.82, 2.24) is 5.32 Å². The number of phenolic OH excluding ortho intramolecular Hbond substituents is 1. The van der Waals surface area contributed by atoms with Gasteiger partial charge in [-0.15, -0.1) is 0 Å². The second-order valence-electron chi connectivity index (χ2n) is 4.98. The fourth-order valence-electron chi connectivity index (χ4n) is 2.07. The summed E-state index contributed by atoms with van der Waals surface area (Å²) < 4.78 is 0. The molecule has 2 amide bonds. The Labute approximate surface area is 143 Å². The van der Waals surface area contributed by atoms with Crippen LogP contribution in [0.4, 0.5) is 5.69 Å². The summed E-state index contributed by atoms with van der Waals surface area (Å²) in [6, 6.07) is 11.0. The predicted octanol–water partition coefficient (Wildman–Crippen LogP) is 2.81. The molecule has 0 aromatic heterocycles. The Balaban J connectivity index is 2.18. The Kier molecular flexibility index (Phi) is 5.40. The maximum absolute atomic E-state index is 12.4. The van der Waals surface area contributed by atoms with Gasteiger partial charge in [0, 0.05) is 19.0 Å². The quantitative estimate of drug-likeness (QED) is 0.794. The molecule has 0 saturated carbocycles. The van der Waals surface area contributed by atoms with E-state index in [0.29, 0.717) is 11.1 Å². The van der Waals surface area contributed by atoms with Crippen LogP contribution in [-0.4, -0.2) is 16.9 Å². The molecular formula is C17H14ClN3O3. The van der Waals surface area contributed by atoms with Crippen molar-refractivity contribution in [3.63, 3.8) is 0 Å². The van der Waals surface area contributed by atoms with E-state index >= 15 is 0 Å². The minimum Gasteiger partial charge on any atom is -0.508 e. The van der Waals surface area contributed by atoms with Gasteiger partial charge in [-0.3, -0.25) is 9.59 Å². The van der Waals surface area contributed by atoms with Crippen molar-refractivity contribution in [3.05, 3.63) is 58.1 Å². The lowest BCUT2D eigenvalue weighted by Gasteiger charge is -2.12. The zero-order chi connectivity index (χ0) is 17.7. The third-order valence-corrected chi connectivity index (χ3v) is 3.53. The molecule has 0 saturated heterocycles. The van der Waals surface area contributed by atoms with E-state index in [2.05, 4.69) is 10.6 Å². The van der Waals surface area contributed by atoms with E-state index in [1.165, 1.54) is 19.1 Å². The molecule has 0 spiro atoms. The highest BCUT2D eigenvalue weighted by atomic mass is 35.5. The van der Waals surface area contributed by atoms with Gasteiger partial charge < -0.3 is 15.7 Å². The van der Waals surface area contributed by atoms with Crippen LogP contribution in [0, 0.1) is 11.3 Å². The van der Waals surface area contributed by atoms with E-state index < -0.39 is 5.91 Å². The molecule has 0 aliphatic heterocycles. The lowest BCUT2D eigenvalue weighted by Crippen LogP contribution is -2.24. The third kappa shape index (κ3) is 4.03. The van der Waals surface area contributed by atoms with Gasteiger partial charge in [-0.05, 0) is 24.3 Å². The van der Waals surface area contributed by atoms with Gasteiger partial charge in [-0.25, -0.2) is 0 Å². The first-order chi connectivity index (χ1) is 11.4. The number of carbonyl (C=O) groups is 2. The number of anilines is 1. The van der Waals surface area contributed by atoms with E-state index in [-0.39, 0.29) is 34.5 Å². The van der Waals surface area contributed by atoms with Crippen molar-refractivity contribution in [3.8, 4) is 11.8 Å². The Bertz CT molecular complexity index is 843. The summed E-state index contributed by atoms with van der Waals surface area (Å²) >= 11 is 6.03. The maximum atomic E-state index is 12.4. The number of para-hydroxylation sites is 1. The number of halogens is 1. The molecule has 7 heteroatoms. The highest BCUT2D eigenvalue weighted by molar-refractivity contribution is 6.34. The maximum Gasteiger partial charge on any atom is 0.253 e. The van der Waals surface area contributed by atoms with Gasteiger partial charge in [0.05, 0.1) is 27.9 Å². The van der Waals surface area contributed by atoms with Crippen LogP contribution in [0.5, 0.6) is 5.75 Å². The first kappa shape index (κ1) is 17.3. The zero-order valence-electron chi connectivity index (χ0n) is 12.8. The molecule has 0 unspecified atom stereocenters. The standard InChI is InChI=1S/C17H14ClN3O3/c1-10(22)21-16-13(3-2-4-14(16)18)17(24)20-9-12-6-5-11(8-19)7-15(12)23/h2-7,23H,9H2,1H3,(H,20,24)(H,21,22). The van der Waals surface area contributed by atoms with Crippen LogP contribution < -0.4 is 10.6 Å². The number of aromatic hydroxyl groups is 1. The molecule has 0 heterocycles. The number of phenols is 1. The number of nitriles is 1. The molecule has 2 aromatic rings. The molecule has 3 N–H and O–H groups in total. The molecule has 0 radical (unpaired) electrons. The first-order valence-electron chi connectivity index (χ1n) is 6.98. The molecule has 24 heavy (non-hydrogen) atoms. The minimum absolute atomic E-state index is 0.0579. The summed E-state index contributed by atoms with van der Waals surface area (Å²) in [5.41, 5.74) is 1.23. The first-order valence-corrected chi connectivity index (χ1v) is 7.36. The summed E-state index contributed by atoms with van der Waals surface area (Å²) in [7, 11) is 0. The molecule has 122 valence electrons. The van der Waals surface area contributed by atoms with Crippen LogP contribution in [0.25, 0.3) is 0 Å². The Morgan fingerprint density at radius 2 is 2.04 bits per heavy atom. The highest BCUT2D eigenvalue weighted by Gasteiger charge is 2.15. The molecule has 0 aliphatic rings. The van der Waals surface area contributed by atoms with Crippen molar-refractivity contribution in [2.45, 2.75) is 13.5 Å². The van der Waals surface area contributed by atoms with Crippen molar-refractivity contribution >= 4 is 29.1 Å². The van der Waals surface area contributed by atoms with E-state index in [4.69, 9.17) is 16.9 Å². The molecule has 2 rings (SSSR count). The summed E-state index contributed by atoms with van der Waals surface area (Å²) in [4.78, 5) is 23.6. The molecule has 2 aromatic carbocycles. The van der Waals surface area contributed by atoms with Crippen molar-refractivity contribution in [1.29, 1.82) is 5.26 Å². The van der Waals surface area contributed by atoms with E-state index in [1.807, 2.05) is 6.07 Å². The SMILES string of the molecule is CC(=O)Nc1c(Cl)cccc1C(=O)NCc1ccc(C#N)cc1O. The average molecular weight is 344 g/mol. The molecule has 0 aliphatic carbocycles.